The van der Waals surface area contributed by atoms with E-state index in [1.54, 1.807) is 31.4 Å². The number of ether oxygens (including phenoxy) is 2. The van der Waals surface area contributed by atoms with Gasteiger partial charge in [0, 0.05) is 18.1 Å². The van der Waals surface area contributed by atoms with Crippen molar-refractivity contribution in [3.63, 3.8) is 0 Å². The summed E-state index contributed by atoms with van der Waals surface area (Å²) in [5.74, 6) is 2.14. The first-order valence-corrected chi connectivity index (χ1v) is 14.3. The van der Waals surface area contributed by atoms with Gasteiger partial charge < -0.3 is 9.47 Å². The highest BCUT2D eigenvalue weighted by atomic mass is 32.2. The molecule has 5 nitrogen and oxygen atoms in total. The van der Waals surface area contributed by atoms with Crippen molar-refractivity contribution < 1.29 is 17.9 Å². The molecule has 0 bridgehead atoms. The van der Waals surface area contributed by atoms with Crippen molar-refractivity contribution in [2.45, 2.75) is 61.6 Å². The Balaban J connectivity index is 1.54. The van der Waals surface area contributed by atoms with Gasteiger partial charge in [0.1, 0.15) is 12.4 Å². The summed E-state index contributed by atoms with van der Waals surface area (Å²) in [5.41, 5.74) is 4.17. The van der Waals surface area contributed by atoms with Crippen LogP contribution in [0.5, 0.6) is 5.75 Å². The van der Waals surface area contributed by atoms with Gasteiger partial charge in [0.05, 0.1) is 12.0 Å². The van der Waals surface area contributed by atoms with Crippen LogP contribution in [-0.2, 0) is 21.0 Å². The lowest BCUT2D eigenvalue weighted by molar-refractivity contribution is 0.0666. The van der Waals surface area contributed by atoms with Crippen LogP contribution in [0, 0.1) is 30.7 Å². The van der Waals surface area contributed by atoms with Crippen molar-refractivity contribution in [2.24, 2.45) is 17.3 Å². The summed E-state index contributed by atoms with van der Waals surface area (Å²) in [4.78, 5) is 2.34. The van der Waals surface area contributed by atoms with E-state index in [2.05, 4.69) is 36.0 Å². The maximum Gasteiger partial charge on any atom is 0.377 e. The summed E-state index contributed by atoms with van der Waals surface area (Å²) in [6.45, 7) is 12.2. The molecule has 1 fully saturated rings. The number of hydrogen-bond donors (Lipinski definition) is 0. The van der Waals surface area contributed by atoms with E-state index in [0.29, 0.717) is 17.8 Å². The van der Waals surface area contributed by atoms with E-state index in [9.17, 15) is 8.42 Å². The number of fused-ring (bicyclic) bond motifs is 5. The molecule has 190 valence electrons. The van der Waals surface area contributed by atoms with E-state index in [1.807, 2.05) is 6.92 Å². The SMILES string of the molecule is [C-]#[N+]C(COC)(C1=CC[C@H]2[C@@H]3CCc4cc(OC)ccc4[C@H]3CC[C@]12C)S(=O)(=O)c1ccc(C)cc1. The number of rotatable bonds is 6. The zero-order valence-corrected chi connectivity index (χ0v) is 22.4. The van der Waals surface area contributed by atoms with E-state index in [0.717, 1.165) is 49.0 Å². The van der Waals surface area contributed by atoms with Gasteiger partial charge in [-0.2, -0.15) is 0 Å². The standard InChI is InChI=1S/C30H35NO4S/c1-20-6-10-23(11-7-20)36(32,33)30(31-3,19-34-4)28-15-14-27-26-12-8-21-18-22(35-5)9-13-24(21)25(26)16-17-29(27,28)2/h6-7,9-11,13,15,18,25-27H,8,12,14,16-17,19H2,1-2,4-5H3/t25-,26-,27+,29+,30?/m1/s1. The summed E-state index contributed by atoms with van der Waals surface area (Å²) in [5, 5.41) is 0. The van der Waals surface area contributed by atoms with Crippen LogP contribution in [0.15, 0.2) is 59.0 Å². The third-order valence-electron chi connectivity index (χ3n) is 9.23. The summed E-state index contributed by atoms with van der Waals surface area (Å²) in [6, 6.07) is 13.3. The smallest absolute Gasteiger partial charge is 0.377 e. The number of aryl methyl sites for hydroxylation is 2. The number of benzene rings is 2. The molecule has 0 spiro atoms. The lowest BCUT2D eigenvalue weighted by Crippen LogP contribution is -2.50. The van der Waals surface area contributed by atoms with Gasteiger partial charge in [-0.1, -0.05) is 36.8 Å². The summed E-state index contributed by atoms with van der Waals surface area (Å²) >= 11 is 0. The van der Waals surface area contributed by atoms with Crippen LogP contribution >= 0.6 is 0 Å². The minimum atomic E-state index is -4.01. The summed E-state index contributed by atoms with van der Waals surface area (Å²) in [7, 11) is -0.814. The predicted octanol–water partition coefficient (Wildman–Crippen LogP) is 6.13. The van der Waals surface area contributed by atoms with Gasteiger partial charge in [-0.05, 0) is 92.2 Å². The first-order valence-electron chi connectivity index (χ1n) is 12.8. The second-order valence-electron chi connectivity index (χ2n) is 10.9. The van der Waals surface area contributed by atoms with Crippen molar-refractivity contribution >= 4 is 9.84 Å². The Hall–Kier alpha value is -2.62. The van der Waals surface area contributed by atoms with Gasteiger partial charge in [-0.3, -0.25) is 4.85 Å². The van der Waals surface area contributed by atoms with Crippen molar-refractivity contribution in [2.75, 3.05) is 20.8 Å². The van der Waals surface area contributed by atoms with Crippen LogP contribution in [-0.4, -0.2) is 34.1 Å². The molecule has 3 aliphatic rings. The molecule has 0 aliphatic heterocycles. The number of hydrogen-bond acceptors (Lipinski definition) is 4. The molecule has 0 aromatic heterocycles. The molecular weight excluding hydrogens is 470 g/mol. The van der Waals surface area contributed by atoms with Crippen molar-refractivity contribution in [1.29, 1.82) is 0 Å². The van der Waals surface area contributed by atoms with Gasteiger partial charge in [0.2, 0.25) is 0 Å². The largest absolute Gasteiger partial charge is 0.497 e. The third kappa shape index (κ3) is 3.55. The highest BCUT2D eigenvalue weighted by Gasteiger charge is 2.65. The lowest BCUT2D eigenvalue weighted by atomic mass is 9.54. The Morgan fingerprint density at radius 3 is 2.56 bits per heavy atom. The van der Waals surface area contributed by atoms with Crippen molar-refractivity contribution in [1.82, 2.24) is 0 Å². The molecule has 0 amide bonds. The Kier molecular flexibility index (Phi) is 6.29. The van der Waals surface area contributed by atoms with Gasteiger partial charge in [-0.15, -0.1) is 0 Å². The number of sulfone groups is 1. The highest BCUT2D eigenvalue weighted by Crippen LogP contribution is 2.64. The Morgan fingerprint density at radius 1 is 1.14 bits per heavy atom. The van der Waals surface area contributed by atoms with Crippen molar-refractivity contribution in [3.8, 4) is 5.75 Å². The van der Waals surface area contributed by atoms with Crippen LogP contribution in [0.4, 0.5) is 0 Å². The lowest BCUT2D eigenvalue weighted by Gasteiger charge is -2.51. The summed E-state index contributed by atoms with van der Waals surface area (Å²) < 4.78 is 39.3. The maximum atomic E-state index is 14.2. The van der Waals surface area contributed by atoms with E-state index < -0.39 is 14.7 Å². The Bertz CT molecular complexity index is 1340. The van der Waals surface area contributed by atoms with Crippen molar-refractivity contribution in [3.05, 3.63) is 82.2 Å². The third-order valence-corrected chi connectivity index (χ3v) is 11.4. The van der Waals surface area contributed by atoms with Gasteiger partial charge in [-0.25, -0.2) is 15.0 Å². The van der Waals surface area contributed by atoms with Gasteiger partial charge >= 0.3 is 4.87 Å². The van der Waals surface area contributed by atoms with E-state index in [1.165, 1.54) is 18.2 Å². The molecule has 0 radical (unpaired) electrons. The maximum absolute atomic E-state index is 14.2. The Labute approximate surface area is 215 Å². The second kappa shape index (κ2) is 9.04. The van der Waals surface area contributed by atoms with E-state index >= 15 is 0 Å². The molecule has 3 aliphatic carbocycles. The fourth-order valence-electron chi connectivity index (χ4n) is 7.42. The number of nitrogens with zero attached hydrogens (tertiary/aromatic N) is 1. The first-order chi connectivity index (χ1) is 17.2. The van der Waals surface area contributed by atoms with Gasteiger partial charge in [0.25, 0.3) is 9.84 Å². The van der Waals surface area contributed by atoms with Crippen LogP contribution in [0.3, 0.4) is 0 Å². The van der Waals surface area contributed by atoms with Crippen LogP contribution in [0.2, 0.25) is 0 Å². The summed E-state index contributed by atoms with van der Waals surface area (Å²) in [6.07, 6.45) is 6.82. The molecular formula is C30H35NO4S. The molecule has 1 unspecified atom stereocenters. The molecule has 0 heterocycles. The van der Waals surface area contributed by atoms with Crippen LogP contribution < -0.4 is 4.74 Å². The molecule has 1 saturated carbocycles. The molecule has 2 aromatic rings. The average Bonchev–Trinajstić information content (AvgIpc) is 3.24. The topological polar surface area (TPSA) is 57.0 Å². The minimum absolute atomic E-state index is 0.169. The molecule has 5 atom stereocenters. The van der Waals surface area contributed by atoms with E-state index in [4.69, 9.17) is 16.0 Å². The van der Waals surface area contributed by atoms with E-state index in [-0.39, 0.29) is 16.9 Å². The fourth-order valence-corrected chi connectivity index (χ4v) is 9.30. The van der Waals surface area contributed by atoms with Gasteiger partial charge in [0.15, 0.2) is 0 Å². The number of methoxy groups -OCH3 is 2. The molecule has 5 rings (SSSR count). The van der Waals surface area contributed by atoms with Crippen LogP contribution in [0.25, 0.3) is 4.85 Å². The normalized spacial score (nSPS) is 28.6. The first kappa shape index (κ1) is 25.0. The zero-order valence-electron chi connectivity index (χ0n) is 21.6. The highest BCUT2D eigenvalue weighted by molar-refractivity contribution is 7.93. The molecule has 2 aromatic carbocycles. The quantitative estimate of drug-likeness (QED) is 0.350. The van der Waals surface area contributed by atoms with Crippen LogP contribution in [0.1, 0.15) is 55.2 Å². The molecule has 6 heteroatoms. The number of allylic oxidation sites excluding steroid dienone is 1. The predicted molar refractivity (Wildman–Crippen MR) is 141 cm³/mol. The molecule has 0 saturated heterocycles. The minimum Gasteiger partial charge on any atom is -0.497 e. The average molecular weight is 506 g/mol. The Morgan fingerprint density at radius 2 is 1.89 bits per heavy atom. The fraction of sp³-hybridized carbons (Fsp3) is 0.500. The monoisotopic (exact) mass is 505 g/mol. The second-order valence-corrected chi connectivity index (χ2v) is 13.1. The zero-order chi connectivity index (χ0) is 25.7. The molecule has 36 heavy (non-hydrogen) atoms. The molecule has 0 N–H and O–H groups in total.